The molecule has 0 spiro atoms. The third kappa shape index (κ3) is 2.72. The molecular weight excluding hydrogens is 335 g/mol. The maximum atomic E-state index is 8.22. The Morgan fingerprint density at radius 2 is 1.77 bits per heavy atom. The summed E-state index contributed by atoms with van der Waals surface area (Å²) in [4.78, 5) is 0.414. The van der Waals surface area contributed by atoms with Gasteiger partial charge in [0.25, 0.3) is 0 Å². The van der Waals surface area contributed by atoms with Gasteiger partial charge in [0, 0.05) is 10.4 Å². The van der Waals surface area contributed by atoms with Crippen LogP contribution in [0.25, 0.3) is 16.9 Å². The Balaban J connectivity index is 2.26. The van der Waals surface area contributed by atoms with Gasteiger partial charge in [-0.25, -0.2) is 0 Å². The molecule has 0 amide bonds. The number of hydrogen-bond acceptors (Lipinski definition) is 2. The lowest BCUT2D eigenvalue weighted by Gasteiger charge is -2.12. The van der Waals surface area contributed by atoms with Crippen LogP contribution in [0.2, 0.25) is 10.0 Å². The predicted molar refractivity (Wildman–Crippen MR) is 94.4 cm³/mol. The van der Waals surface area contributed by atoms with E-state index in [9.17, 15) is 0 Å². The van der Waals surface area contributed by atoms with Crippen LogP contribution >= 0.6 is 34.5 Å². The number of aromatic nitrogens is 1. The maximum Gasteiger partial charge on any atom is 0.187 e. The largest absolute Gasteiger partial charge is 0.284 e. The monoisotopic (exact) mass is 348 g/mol. The molecule has 22 heavy (non-hydrogen) atoms. The summed E-state index contributed by atoms with van der Waals surface area (Å²) in [6, 6.07) is 11.6. The minimum Gasteiger partial charge on any atom is -0.284 e. The van der Waals surface area contributed by atoms with E-state index >= 15 is 0 Å². The van der Waals surface area contributed by atoms with E-state index < -0.39 is 0 Å². The second-order valence-corrected chi connectivity index (χ2v) is 6.86. The molecule has 2 aromatic carbocycles. The van der Waals surface area contributed by atoms with Crippen LogP contribution in [0.15, 0.2) is 41.8 Å². The molecule has 0 aliphatic rings. The fourth-order valence-electron chi connectivity index (χ4n) is 2.32. The smallest absolute Gasteiger partial charge is 0.187 e. The number of halogens is 2. The van der Waals surface area contributed by atoms with Gasteiger partial charge in [-0.05, 0) is 54.8 Å². The number of benzene rings is 2. The van der Waals surface area contributed by atoms with Crippen LogP contribution in [0.5, 0.6) is 0 Å². The zero-order valence-corrected chi connectivity index (χ0v) is 14.5. The Morgan fingerprint density at radius 3 is 2.50 bits per heavy atom. The molecule has 0 saturated carbocycles. The highest BCUT2D eigenvalue weighted by atomic mass is 35.5. The average Bonchev–Trinajstić information content (AvgIpc) is 2.86. The van der Waals surface area contributed by atoms with Crippen LogP contribution in [-0.2, 0) is 0 Å². The highest BCUT2D eigenvalue weighted by Crippen LogP contribution is 2.30. The molecule has 0 saturated heterocycles. The van der Waals surface area contributed by atoms with Crippen molar-refractivity contribution in [2.24, 2.45) is 0 Å². The zero-order chi connectivity index (χ0) is 15.9. The highest BCUT2D eigenvalue weighted by molar-refractivity contribution is 7.07. The van der Waals surface area contributed by atoms with Crippen molar-refractivity contribution in [1.82, 2.24) is 4.57 Å². The van der Waals surface area contributed by atoms with E-state index in [-0.39, 0.29) is 0 Å². The lowest BCUT2D eigenvalue weighted by molar-refractivity contribution is 0.987. The van der Waals surface area contributed by atoms with E-state index in [0.29, 0.717) is 14.8 Å². The molecule has 0 atom stereocenters. The number of nitrogens with one attached hydrogen (secondary N) is 1. The van der Waals surface area contributed by atoms with Crippen molar-refractivity contribution >= 4 is 34.5 Å². The Bertz CT molecular complexity index is 909. The molecular formula is C17H14Cl2N2S. The topological polar surface area (TPSA) is 28.8 Å². The van der Waals surface area contributed by atoms with Gasteiger partial charge in [0.05, 0.1) is 16.4 Å². The van der Waals surface area contributed by atoms with Gasteiger partial charge in [0.15, 0.2) is 4.80 Å². The van der Waals surface area contributed by atoms with Crippen LogP contribution < -0.4 is 4.80 Å². The fourth-order valence-corrected chi connectivity index (χ4v) is 3.46. The first-order valence-electron chi connectivity index (χ1n) is 6.75. The normalized spacial score (nSPS) is 10.9. The van der Waals surface area contributed by atoms with E-state index in [2.05, 4.69) is 32.0 Å². The first-order valence-corrected chi connectivity index (χ1v) is 8.39. The summed E-state index contributed by atoms with van der Waals surface area (Å²) in [5.74, 6) is 0. The summed E-state index contributed by atoms with van der Waals surface area (Å²) in [6.07, 6.45) is 0. The molecule has 3 aromatic rings. The van der Waals surface area contributed by atoms with E-state index in [1.54, 1.807) is 18.2 Å². The van der Waals surface area contributed by atoms with Gasteiger partial charge in [-0.2, -0.15) is 0 Å². The van der Waals surface area contributed by atoms with E-state index in [0.717, 1.165) is 16.9 Å². The predicted octanol–water partition coefficient (Wildman–Crippen LogP) is 5.61. The third-order valence-corrected chi connectivity index (χ3v) is 4.98. The van der Waals surface area contributed by atoms with Crippen molar-refractivity contribution in [2.75, 3.05) is 0 Å². The van der Waals surface area contributed by atoms with Crippen molar-refractivity contribution in [3.05, 3.63) is 67.8 Å². The first-order chi connectivity index (χ1) is 10.5. The Morgan fingerprint density at radius 1 is 1.00 bits per heavy atom. The maximum absolute atomic E-state index is 8.22. The van der Waals surface area contributed by atoms with Crippen molar-refractivity contribution in [2.45, 2.75) is 13.8 Å². The third-order valence-electron chi connectivity index (χ3n) is 3.68. The molecule has 0 aliphatic carbocycles. The van der Waals surface area contributed by atoms with Gasteiger partial charge in [-0.1, -0.05) is 35.3 Å². The van der Waals surface area contributed by atoms with Gasteiger partial charge in [0.1, 0.15) is 0 Å². The van der Waals surface area contributed by atoms with Crippen molar-refractivity contribution in [3.63, 3.8) is 0 Å². The van der Waals surface area contributed by atoms with Crippen molar-refractivity contribution in [3.8, 4) is 16.9 Å². The molecule has 0 fully saturated rings. The Hall–Kier alpha value is -1.55. The molecule has 0 bridgehead atoms. The molecule has 5 heteroatoms. The van der Waals surface area contributed by atoms with Crippen LogP contribution in [0, 0.1) is 19.3 Å². The Kier molecular flexibility index (Phi) is 4.13. The fraction of sp³-hybridized carbons (Fsp3) is 0.118. The lowest BCUT2D eigenvalue weighted by atomic mass is 10.0. The zero-order valence-electron chi connectivity index (χ0n) is 12.2. The molecule has 0 unspecified atom stereocenters. The number of nitrogens with zero attached hydrogens (tertiary/aromatic N) is 1. The summed E-state index contributed by atoms with van der Waals surface area (Å²) in [7, 11) is 0. The highest BCUT2D eigenvalue weighted by Gasteiger charge is 2.13. The van der Waals surface area contributed by atoms with Gasteiger partial charge in [-0.15, -0.1) is 11.3 Å². The second kappa shape index (κ2) is 5.92. The summed E-state index contributed by atoms with van der Waals surface area (Å²) >= 11 is 13.8. The number of hydrogen-bond donors (Lipinski definition) is 1. The quantitative estimate of drug-likeness (QED) is 0.623. The molecule has 1 aromatic heterocycles. The van der Waals surface area contributed by atoms with Crippen LogP contribution in [0.3, 0.4) is 0 Å². The number of rotatable bonds is 2. The van der Waals surface area contributed by atoms with E-state index in [4.69, 9.17) is 28.6 Å². The molecule has 2 nitrogen and oxygen atoms in total. The molecule has 1 heterocycles. The molecule has 3 rings (SSSR count). The minimum atomic E-state index is 0.414. The van der Waals surface area contributed by atoms with Gasteiger partial charge >= 0.3 is 0 Å². The molecule has 0 aliphatic heterocycles. The van der Waals surface area contributed by atoms with Crippen LogP contribution in [0.1, 0.15) is 11.1 Å². The second-order valence-electron chi connectivity index (χ2n) is 5.16. The number of thiazole rings is 1. The van der Waals surface area contributed by atoms with Crippen molar-refractivity contribution in [1.29, 1.82) is 5.41 Å². The SMILES string of the molecule is Cc1ccc(-c2csc(=N)n2-c2cc(Cl)ccc2Cl)cc1C. The summed E-state index contributed by atoms with van der Waals surface area (Å²) < 4.78 is 1.84. The van der Waals surface area contributed by atoms with Crippen LogP contribution in [-0.4, -0.2) is 4.57 Å². The van der Waals surface area contributed by atoms with Gasteiger partial charge in [-0.3, -0.25) is 9.98 Å². The Labute approximate surface area is 143 Å². The first kappa shape index (κ1) is 15.3. The summed E-state index contributed by atoms with van der Waals surface area (Å²) in [5, 5.41) is 11.4. The van der Waals surface area contributed by atoms with Gasteiger partial charge < -0.3 is 0 Å². The van der Waals surface area contributed by atoms with Crippen LogP contribution in [0.4, 0.5) is 0 Å². The summed E-state index contributed by atoms with van der Waals surface area (Å²) in [5.41, 5.74) is 5.21. The minimum absolute atomic E-state index is 0.414. The van der Waals surface area contributed by atoms with Crippen molar-refractivity contribution < 1.29 is 0 Å². The molecule has 1 N–H and O–H groups in total. The number of aryl methyl sites for hydroxylation is 2. The summed E-state index contributed by atoms with van der Waals surface area (Å²) in [6.45, 7) is 4.17. The van der Waals surface area contributed by atoms with Gasteiger partial charge in [0.2, 0.25) is 0 Å². The standard InChI is InChI=1S/C17H14Cl2N2S/c1-10-3-4-12(7-11(10)2)16-9-22-17(20)21(16)15-8-13(18)5-6-14(15)19/h3-9,20H,1-2H3. The van der Waals surface area contributed by atoms with E-state index in [1.165, 1.54) is 22.5 Å². The molecule has 0 radical (unpaired) electrons. The lowest BCUT2D eigenvalue weighted by Crippen LogP contribution is -2.12. The average molecular weight is 349 g/mol. The van der Waals surface area contributed by atoms with E-state index in [1.807, 2.05) is 9.95 Å². The molecule has 112 valence electrons.